The van der Waals surface area contributed by atoms with Gasteiger partial charge in [0.25, 0.3) is 0 Å². The van der Waals surface area contributed by atoms with Gasteiger partial charge in [0.2, 0.25) is 0 Å². The quantitative estimate of drug-likeness (QED) is 0.245. The van der Waals surface area contributed by atoms with Crippen molar-refractivity contribution in [2.75, 3.05) is 0 Å². The summed E-state index contributed by atoms with van der Waals surface area (Å²) < 4.78 is 2.41. The number of nitrogens with zero attached hydrogens (tertiary/aromatic N) is 1. The molecule has 1 nitrogen and oxygen atoms in total. The molecule has 1 heterocycles. The second-order valence-corrected chi connectivity index (χ2v) is 10.8. The van der Waals surface area contributed by atoms with E-state index in [1.165, 1.54) is 60.9 Å². The molecule has 0 unspecified atom stereocenters. The highest BCUT2D eigenvalue weighted by Gasteiger charge is 2.22. The van der Waals surface area contributed by atoms with E-state index >= 15 is 0 Å². The zero-order valence-electron chi connectivity index (χ0n) is 21.4. The van der Waals surface area contributed by atoms with Crippen LogP contribution in [0.25, 0.3) is 49.7 Å². The molecule has 0 fully saturated rings. The van der Waals surface area contributed by atoms with E-state index in [-0.39, 0.29) is 5.41 Å². The van der Waals surface area contributed by atoms with Gasteiger partial charge in [-0.1, -0.05) is 117 Å². The normalized spacial score (nSPS) is 11.9. The number of aryl methyl sites for hydroxylation is 1. The van der Waals surface area contributed by atoms with Crippen molar-refractivity contribution in [1.29, 1.82) is 0 Å². The number of aromatic nitrogens is 1. The topological polar surface area (TPSA) is 4.93 Å². The Bertz CT molecular complexity index is 1690. The van der Waals surface area contributed by atoms with Gasteiger partial charge >= 0.3 is 0 Å². The molecule has 0 N–H and O–H groups in total. The Kier molecular flexibility index (Phi) is 5.30. The van der Waals surface area contributed by atoms with Crippen LogP contribution in [0.2, 0.25) is 0 Å². The molecule has 0 aliphatic carbocycles. The average molecular weight is 466 g/mol. The van der Waals surface area contributed by atoms with Gasteiger partial charge in [0.05, 0.1) is 11.0 Å². The fraction of sp³-hybridized carbons (Fsp3) is 0.143. The fourth-order valence-corrected chi connectivity index (χ4v) is 5.47. The summed E-state index contributed by atoms with van der Waals surface area (Å²) in [5, 5.41) is 2.60. The van der Waals surface area contributed by atoms with E-state index in [9.17, 15) is 0 Å². The third-order valence-electron chi connectivity index (χ3n) is 7.20. The summed E-state index contributed by atoms with van der Waals surface area (Å²) in [7, 11) is 0. The number of rotatable bonds is 3. The number of benzene rings is 5. The van der Waals surface area contributed by atoms with Crippen LogP contribution in [-0.4, -0.2) is 4.57 Å². The zero-order valence-corrected chi connectivity index (χ0v) is 21.4. The molecule has 0 atom stereocenters. The van der Waals surface area contributed by atoms with Crippen molar-refractivity contribution in [1.82, 2.24) is 4.57 Å². The summed E-state index contributed by atoms with van der Waals surface area (Å²) in [6, 6.07) is 42.0. The van der Waals surface area contributed by atoms with Gasteiger partial charge in [0, 0.05) is 16.5 Å². The second kappa shape index (κ2) is 8.53. The molecule has 1 heteroatoms. The van der Waals surface area contributed by atoms with Crippen molar-refractivity contribution >= 4 is 21.8 Å². The lowest BCUT2D eigenvalue weighted by molar-refractivity contribution is 0.591. The lowest BCUT2D eigenvalue weighted by Crippen LogP contribution is -2.13. The third kappa shape index (κ3) is 3.72. The minimum atomic E-state index is 0.0508. The number of hydrogen-bond acceptors (Lipinski definition) is 0. The van der Waals surface area contributed by atoms with Crippen LogP contribution < -0.4 is 0 Å². The van der Waals surface area contributed by atoms with Crippen LogP contribution in [0.15, 0.2) is 115 Å². The molecule has 0 saturated heterocycles. The van der Waals surface area contributed by atoms with E-state index in [1.54, 1.807) is 0 Å². The summed E-state index contributed by atoms with van der Waals surface area (Å²) in [6.07, 6.45) is 0. The smallest absolute Gasteiger partial charge is 0.0547 e. The molecule has 0 aliphatic heterocycles. The Morgan fingerprint density at radius 2 is 1.22 bits per heavy atom. The first-order chi connectivity index (χ1) is 17.4. The Hall–Kier alpha value is -4.10. The van der Waals surface area contributed by atoms with Gasteiger partial charge in [-0.3, -0.25) is 0 Å². The van der Waals surface area contributed by atoms with Crippen molar-refractivity contribution in [3.63, 3.8) is 0 Å². The van der Waals surface area contributed by atoms with E-state index in [1.807, 2.05) is 0 Å². The second-order valence-electron chi connectivity index (χ2n) is 10.8. The Morgan fingerprint density at radius 1 is 0.556 bits per heavy atom. The maximum absolute atomic E-state index is 2.41. The number of hydrogen-bond donors (Lipinski definition) is 0. The van der Waals surface area contributed by atoms with Gasteiger partial charge in [-0.25, -0.2) is 0 Å². The maximum atomic E-state index is 2.41. The SMILES string of the molecule is Cc1ccc(-c2cccc3c2c2ccccc2n3-c2ccc(-c3ccccc3)cc2)c(C(C)(C)C)c1. The minimum Gasteiger partial charge on any atom is -0.309 e. The molecule has 0 amide bonds. The highest BCUT2D eigenvalue weighted by molar-refractivity contribution is 6.16. The van der Waals surface area contributed by atoms with E-state index in [0.717, 1.165) is 0 Å². The van der Waals surface area contributed by atoms with Gasteiger partial charge in [-0.05, 0) is 64.4 Å². The molecule has 0 aliphatic rings. The van der Waals surface area contributed by atoms with Crippen molar-refractivity contribution in [2.24, 2.45) is 0 Å². The molecule has 6 aromatic rings. The largest absolute Gasteiger partial charge is 0.309 e. The van der Waals surface area contributed by atoms with Gasteiger partial charge in [0.15, 0.2) is 0 Å². The van der Waals surface area contributed by atoms with E-state index in [4.69, 9.17) is 0 Å². The van der Waals surface area contributed by atoms with Crippen LogP contribution in [-0.2, 0) is 5.41 Å². The molecule has 36 heavy (non-hydrogen) atoms. The van der Waals surface area contributed by atoms with Crippen LogP contribution in [0.1, 0.15) is 31.9 Å². The fourth-order valence-electron chi connectivity index (χ4n) is 5.47. The van der Waals surface area contributed by atoms with Gasteiger partial charge in [-0.15, -0.1) is 0 Å². The molecule has 0 saturated carbocycles. The molecule has 6 rings (SSSR count). The molecule has 5 aromatic carbocycles. The van der Waals surface area contributed by atoms with Gasteiger partial charge in [0.1, 0.15) is 0 Å². The average Bonchev–Trinajstić information content (AvgIpc) is 3.23. The van der Waals surface area contributed by atoms with Crippen molar-refractivity contribution in [3.8, 4) is 27.9 Å². The summed E-state index contributed by atoms with van der Waals surface area (Å²) in [5.74, 6) is 0. The number of para-hydroxylation sites is 1. The van der Waals surface area contributed by atoms with E-state index in [0.29, 0.717) is 0 Å². The summed E-state index contributed by atoms with van der Waals surface area (Å²) in [4.78, 5) is 0. The van der Waals surface area contributed by atoms with E-state index < -0.39 is 0 Å². The Balaban J connectivity index is 1.61. The Morgan fingerprint density at radius 3 is 1.97 bits per heavy atom. The first kappa shape index (κ1) is 22.4. The molecular formula is C35H31N. The summed E-state index contributed by atoms with van der Waals surface area (Å²) in [6.45, 7) is 9.11. The Labute approximate surface area is 213 Å². The molecule has 0 spiro atoms. The molecular weight excluding hydrogens is 434 g/mol. The molecule has 176 valence electrons. The van der Waals surface area contributed by atoms with Crippen molar-refractivity contribution in [3.05, 3.63) is 126 Å². The lowest BCUT2D eigenvalue weighted by atomic mass is 9.80. The molecule has 0 bridgehead atoms. The predicted molar refractivity (Wildman–Crippen MR) is 155 cm³/mol. The first-order valence-corrected chi connectivity index (χ1v) is 12.7. The molecule has 0 radical (unpaired) electrons. The zero-order chi connectivity index (χ0) is 24.9. The predicted octanol–water partition coefficient (Wildman–Crippen LogP) is 9.72. The number of fused-ring (bicyclic) bond motifs is 3. The lowest BCUT2D eigenvalue weighted by Gasteiger charge is -2.24. The maximum Gasteiger partial charge on any atom is 0.0547 e. The standard InChI is InChI=1S/C35H31N/c1-24-17-22-28(31(23-24)35(2,3)4)29-14-10-16-33-34(29)30-13-8-9-15-32(30)36(33)27-20-18-26(19-21-27)25-11-6-5-7-12-25/h5-23H,1-4H3. The van der Waals surface area contributed by atoms with Crippen LogP contribution >= 0.6 is 0 Å². The third-order valence-corrected chi connectivity index (χ3v) is 7.20. The van der Waals surface area contributed by atoms with Crippen LogP contribution in [0.5, 0.6) is 0 Å². The van der Waals surface area contributed by atoms with Gasteiger partial charge in [-0.2, -0.15) is 0 Å². The minimum absolute atomic E-state index is 0.0508. The summed E-state index contributed by atoms with van der Waals surface area (Å²) in [5.41, 5.74) is 11.5. The van der Waals surface area contributed by atoms with Crippen LogP contribution in [0, 0.1) is 6.92 Å². The highest BCUT2D eigenvalue weighted by Crippen LogP contribution is 2.42. The van der Waals surface area contributed by atoms with Crippen molar-refractivity contribution in [2.45, 2.75) is 33.1 Å². The monoisotopic (exact) mass is 465 g/mol. The van der Waals surface area contributed by atoms with Gasteiger partial charge < -0.3 is 4.57 Å². The summed E-state index contributed by atoms with van der Waals surface area (Å²) >= 11 is 0. The highest BCUT2D eigenvalue weighted by atomic mass is 15.0. The molecule has 1 aromatic heterocycles. The van der Waals surface area contributed by atoms with E-state index in [2.05, 4.69) is 148 Å². The van der Waals surface area contributed by atoms with Crippen LogP contribution in [0.3, 0.4) is 0 Å². The van der Waals surface area contributed by atoms with Crippen molar-refractivity contribution < 1.29 is 0 Å². The first-order valence-electron chi connectivity index (χ1n) is 12.7. The van der Waals surface area contributed by atoms with Crippen LogP contribution in [0.4, 0.5) is 0 Å².